The Hall–Kier alpha value is -2.05. The molecule has 0 saturated heterocycles. The van der Waals surface area contributed by atoms with Crippen LogP contribution in [0.5, 0.6) is 0 Å². The van der Waals surface area contributed by atoms with E-state index in [9.17, 15) is 9.18 Å². The number of Topliss-reactive ketones (excluding diaryl/α,β-unsaturated/α-hetero) is 1. The number of aromatic nitrogens is 2. The van der Waals surface area contributed by atoms with Crippen molar-refractivity contribution < 1.29 is 9.18 Å². The van der Waals surface area contributed by atoms with Crippen LogP contribution in [-0.4, -0.2) is 15.2 Å². The number of ketones is 1. The van der Waals surface area contributed by atoms with Crippen molar-refractivity contribution in [1.82, 2.24) is 9.38 Å². The van der Waals surface area contributed by atoms with Crippen molar-refractivity contribution in [2.24, 2.45) is 0 Å². The van der Waals surface area contributed by atoms with Gasteiger partial charge in [0.2, 0.25) is 0 Å². The summed E-state index contributed by atoms with van der Waals surface area (Å²) in [5.41, 5.74) is 0.760. The summed E-state index contributed by atoms with van der Waals surface area (Å²) in [6, 6.07) is 6.39. The number of carbonyl (C=O) groups excluding carboxylic acids is 1. The van der Waals surface area contributed by atoms with Gasteiger partial charge in [0.25, 0.3) is 0 Å². The van der Waals surface area contributed by atoms with Gasteiger partial charge in [0.1, 0.15) is 5.82 Å². The minimum absolute atomic E-state index is 0.0161. The first kappa shape index (κ1) is 12.7. The van der Waals surface area contributed by atoms with Crippen LogP contribution in [0.15, 0.2) is 42.0 Å². The molecule has 104 valence electrons. The van der Waals surface area contributed by atoms with Crippen molar-refractivity contribution in [3.8, 4) is 0 Å². The number of thiophene rings is 1. The molecule has 0 spiro atoms. The van der Waals surface area contributed by atoms with Crippen LogP contribution in [0.4, 0.5) is 4.39 Å². The number of hydrogen-bond donors (Lipinski definition) is 0. The van der Waals surface area contributed by atoms with E-state index >= 15 is 0 Å². The van der Waals surface area contributed by atoms with E-state index in [2.05, 4.69) is 4.98 Å². The second kappa shape index (κ2) is 4.75. The van der Waals surface area contributed by atoms with Gasteiger partial charge < -0.3 is 0 Å². The molecule has 0 saturated carbocycles. The first-order valence-corrected chi connectivity index (χ1v) is 8.02. The van der Waals surface area contributed by atoms with Crippen LogP contribution in [0.2, 0.25) is 0 Å². The van der Waals surface area contributed by atoms with Gasteiger partial charge in [0, 0.05) is 22.5 Å². The number of carbonyl (C=O) groups is 1. The Morgan fingerprint density at radius 2 is 2.24 bits per heavy atom. The Bertz CT molecular complexity index is 938. The SMILES string of the molecule is O=C(Cc1cn2ccsc2n1)c1cc2ccc(F)cc2s1. The van der Waals surface area contributed by atoms with Gasteiger partial charge in [-0.05, 0) is 23.6 Å². The molecule has 3 heterocycles. The number of fused-ring (bicyclic) bond motifs is 2. The molecule has 1 aromatic carbocycles. The van der Waals surface area contributed by atoms with Gasteiger partial charge >= 0.3 is 0 Å². The van der Waals surface area contributed by atoms with E-state index in [1.807, 2.05) is 28.2 Å². The molecule has 0 fully saturated rings. The average Bonchev–Trinajstić information content (AvgIpc) is 3.10. The Labute approximate surface area is 127 Å². The molecular formula is C15H9FN2OS2. The van der Waals surface area contributed by atoms with Gasteiger partial charge in [0.15, 0.2) is 10.7 Å². The molecule has 0 N–H and O–H groups in total. The van der Waals surface area contributed by atoms with Gasteiger partial charge in [-0.1, -0.05) is 6.07 Å². The highest BCUT2D eigenvalue weighted by Crippen LogP contribution is 2.27. The molecule has 4 rings (SSSR count). The molecule has 4 aromatic rings. The number of thiazole rings is 1. The van der Waals surface area contributed by atoms with Crippen LogP contribution in [0, 0.1) is 5.82 Å². The zero-order valence-electron chi connectivity index (χ0n) is 10.7. The topological polar surface area (TPSA) is 34.4 Å². The van der Waals surface area contributed by atoms with Crippen LogP contribution in [0.25, 0.3) is 15.0 Å². The Morgan fingerprint density at radius 3 is 3.10 bits per heavy atom. The first-order chi connectivity index (χ1) is 10.2. The number of rotatable bonds is 3. The second-order valence-electron chi connectivity index (χ2n) is 4.72. The monoisotopic (exact) mass is 316 g/mol. The summed E-state index contributed by atoms with van der Waals surface area (Å²) in [6.45, 7) is 0. The molecule has 0 unspecified atom stereocenters. The number of halogens is 1. The van der Waals surface area contributed by atoms with E-state index in [-0.39, 0.29) is 18.0 Å². The lowest BCUT2D eigenvalue weighted by atomic mass is 10.2. The number of imidazole rings is 1. The fourth-order valence-corrected chi connectivity index (χ4v) is 4.00. The highest BCUT2D eigenvalue weighted by molar-refractivity contribution is 7.20. The normalized spacial score (nSPS) is 11.5. The Morgan fingerprint density at radius 1 is 1.33 bits per heavy atom. The number of hydrogen-bond acceptors (Lipinski definition) is 4. The molecule has 0 atom stereocenters. The average molecular weight is 316 g/mol. The van der Waals surface area contributed by atoms with Crippen molar-refractivity contribution >= 4 is 43.5 Å². The predicted octanol–water partition coefficient (Wildman–Crippen LogP) is 4.18. The molecular weight excluding hydrogens is 307 g/mol. The molecule has 0 amide bonds. The van der Waals surface area contributed by atoms with Gasteiger partial charge in [-0.2, -0.15) is 0 Å². The lowest BCUT2D eigenvalue weighted by molar-refractivity contribution is 0.0996. The van der Waals surface area contributed by atoms with Crippen LogP contribution in [0.1, 0.15) is 15.4 Å². The van der Waals surface area contributed by atoms with Crippen molar-refractivity contribution in [1.29, 1.82) is 0 Å². The highest BCUT2D eigenvalue weighted by Gasteiger charge is 2.14. The van der Waals surface area contributed by atoms with Gasteiger partial charge in [-0.15, -0.1) is 22.7 Å². The van der Waals surface area contributed by atoms with E-state index < -0.39 is 0 Å². The van der Waals surface area contributed by atoms with Crippen LogP contribution in [-0.2, 0) is 6.42 Å². The summed E-state index contributed by atoms with van der Waals surface area (Å²) in [6.07, 6.45) is 4.06. The number of benzene rings is 1. The Balaban J connectivity index is 1.64. The number of nitrogens with zero attached hydrogens (tertiary/aromatic N) is 2. The molecule has 0 aliphatic carbocycles. The maximum Gasteiger partial charge on any atom is 0.193 e. The van der Waals surface area contributed by atoms with Gasteiger partial charge in [-0.25, -0.2) is 9.37 Å². The summed E-state index contributed by atoms with van der Waals surface area (Å²) in [5, 5.41) is 2.85. The summed E-state index contributed by atoms with van der Waals surface area (Å²) in [4.78, 5) is 18.3. The predicted molar refractivity (Wildman–Crippen MR) is 82.9 cm³/mol. The van der Waals surface area contributed by atoms with E-state index in [0.29, 0.717) is 4.88 Å². The lowest BCUT2D eigenvalue weighted by Gasteiger charge is -1.93. The molecule has 6 heteroatoms. The minimum atomic E-state index is -0.280. The highest BCUT2D eigenvalue weighted by atomic mass is 32.1. The minimum Gasteiger partial charge on any atom is -0.297 e. The van der Waals surface area contributed by atoms with E-state index in [4.69, 9.17) is 0 Å². The zero-order chi connectivity index (χ0) is 14.4. The maximum absolute atomic E-state index is 13.2. The zero-order valence-corrected chi connectivity index (χ0v) is 12.4. The standard InChI is InChI=1S/C15H9FN2OS2/c16-10-2-1-9-5-14(21-13(9)6-10)12(19)7-11-8-18-3-4-20-15(18)17-11/h1-6,8H,7H2. The van der Waals surface area contributed by atoms with E-state index in [1.54, 1.807) is 6.07 Å². The van der Waals surface area contributed by atoms with Crippen molar-refractivity contribution in [3.05, 3.63) is 58.4 Å². The quantitative estimate of drug-likeness (QED) is 0.532. The molecule has 3 nitrogen and oxygen atoms in total. The van der Waals surface area contributed by atoms with Crippen molar-refractivity contribution in [3.63, 3.8) is 0 Å². The van der Waals surface area contributed by atoms with Crippen molar-refractivity contribution in [2.75, 3.05) is 0 Å². The Kier molecular flexibility index (Phi) is 2.87. The fraction of sp³-hybridized carbons (Fsp3) is 0.0667. The summed E-state index contributed by atoms with van der Waals surface area (Å²) >= 11 is 2.86. The smallest absolute Gasteiger partial charge is 0.193 e. The lowest BCUT2D eigenvalue weighted by Crippen LogP contribution is -2.01. The molecule has 21 heavy (non-hydrogen) atoms. The van der Waals surface area contributed by atoms with E-state index in [1.165, 1.54) is 34.8 Å². The molecule has 0 aliphatic heterocycles. The third-order valence-electron chi connectivity index (χ3n) is 3.24. The van der Waals surface area contributed by atoms with Gasteiger partial charge in [-0.3, -0.25) is 9.20 Å². The van der Waals surface area contributed by atoms with Gasteiger partial charge in [0.05, 0.1) is 17.0 Å². The maximum atomic E-state index is 13.2. The molecule has 0 bridgehead atoms. The van der Waals surface area contributed by atoms with Crippen LogP contribution < -0.4 is 0 Å². The summed E-state index contributed by atoms with van der Waals surface area (Å²) in [7, 11) is 0. The fourth-order valence-electron chi connectivity index (χ4n) is 2.26. The van der Waals surface area contributed by atoms with Crippen molar-refractivity contribution in [2.45, 2.75) is 6.42 Å². The summed E-state index contributed by atoms with van der Waals surface area (Å²) in [5.74, 6) is -0.264. The van der Waals surface area contributed by atoms with E-state index in [0.717, 1.165) is 20.7 Å². The third-order valence-corrected chi connectivity index (χ3v) is 5.15. The van der Waals surface area contributed by atoms with Crippen LogP contribution in [0.3, 0.4) is 0 Å². The third kappa shape index (κ3) is 2.26. The first-order valence-electron chi connectivity index (χ1n) is 6.32. The summed E-state index contributed by atoms with van der Waals surface area (Å²) < 4.78 is 15.9. The second-order valence-corrected chi connectivity index (χ2v) is 6.67. The molecule has 0 radical (unpaired) electrons. The largest absolute Gasteiger partial charge is 0.297 e. The molecule has 0 aliphatic rings. The van der Waals surface area contributed by atoms with Crippen LogP contribution >= 0.6 is 22.7 Å². The molecule has 3 aromatic heterocycles.